The fraction of sp³-hybridized carbons (Fsp3) is 0.190. The molecule has 6 nitrogen and oxygen atoms in total. The Balaban J connectivity index is 1.53. The Labute approximate surface area is 160 Å². The van der Waals surface area contributed by atoms with Gasteiger partial charge in [-0.2, -0.15) is 10.4 Å². The quantitative estimate of drug-likeness (QED) is 0.535. The number of hydrogen-bond donors (Lipinski definition) is 2. The Kier molecular flexibility index (Phi) is 3.66. The number of oxazole rings is 1. The lowest BCUT2D eigenvalue weighted by atomic mass is 10.0. The monoisotopic (exact) mass is 374 g/mol. The van der Waals surface area contributed by atoms with Gasteiger partial charge in [-0.3, -0.25) is 0 Å². The number of hydrogen-bond acceptors (Lipinski definition) is 4. The van der Waals surface area contributed by atoms with E-state index in [1.165, 1.54) is 12.5 Å². The predicted octanol–water partition coefficient (Wildman–Crippen LogP) is 3.76. The van der Waals surface area contributed by atoms with Gasteiger partial charge in [-0.05, 0) is 48.7 Å². The number of benzene rings is 2. The molecule has 0 bridgehead atoms. The van der Waals surface area contributed by atoms with Gasteiger partial charge in [0.2, 0.25) is 5.76 Å². The zero-order valence-electron chi connectivity index (χ0n) is 15.2. The van der Waals surface area contributed by atoms with Crippen molar-refractivity contribution in [3.05, 3.63) is 65.4 Å². The maximum atomic E-state index is 14.6. The van der Waals surface area contributed by atoms with Crippen molar-refractivity contribution in [3.63, 3.8) is 0 Å². The lowest BCUT2D eigenvalue weighted by Crippen LogP contribution is -2.31. The van der Waals surface area contributed by atoms with Crippen LogP contribution in [0.25, 0.3) is 22.4 Å². The number of aryl methyl sites for hydroxylation is 2. The maximum absolute atomic E-state index is 14.6. The minimum Gasteiger partial charge on any atom is -0.437 e. The van der Waals surface area contributed by atoms with Crippen molar-refractivity contribution in [3.8, 4) is 17.5 Å². The number of aromatic nitrogens is 3. The number of halogens is 1. The van der Waals surface area contributed by atoms with Crippen LogP contribution in [-0.4, -0.2) is 10.1 Å². The largest absolute Gasteiger partial charge is 0.437 e. The molecule has 0 radical (unpaired) electrons. The number of anilines is 1. The van der Waals surface area contributed by atoms with Crippen molar-refractivity contribution in [1.82, 2.24) is 10.1 Å². The number of H-pyrrole nitrogens is 1. The number of nitriles is 1. The van der Waals surface area contributed by atoms with E-state index in [0.717, 1.165) is 40.7 Å². The topological polar surface area (TPSA) is 81.5 Å². The van der Waals surface area contributed by atoms with E-state index >= 15 is 0 Å². The molecule has 1 aliphatic carbocycles. The van der Waals surface area contributed by atoms with Crippen LogP contribution in [0.15, 0.2) is 47.3 Å². The van der Waals surface area contributed by atoms with Gasteiger partial charge in [-0.1, -0.05) is 0 Å². The van der Waals surface area contributed by atoms with Gasteiger partial charge >= 0.3 is 0 Å². The van der Waals surface area contributed by atoms with E-state index < -0.39 is 0 Å². The first-order valence-corrected chi connectivity index (χ1v) is 9.03. The lowest BCUT2D eigenvalue weighted by molar-refractivity contribution is -0.714. The van der Waals surface area contributed by atoms with Crippen LogP contribution in [0.3, 0.4) is 0 Å². The number of aromatic amines is 1. The third kappa shape index (κ3) is 2.54. The van der Waals surface area contributed by atoms with Crippen molar-refractivity contribution in [2.75, 3.05) is 5.32 Å². The molecule has 2 heterocycles. The average Bonchev–Trinajstić information content (AvgIpc) is 3.40. The summed E-state index contributed by atoms with van der Waals surface area (Å²) in [5.74, 6) is 0.354. The third-order valence-electron chi connectivity index (χ3n) is 5.30. The van der Waals surface area contributed by atoms with Gasteiger partial charge in [0, 0.05) is 11.3 Å². The van der Waals surface area contributed by atoms with Crippen LogP contribution < -0.4 is 10.00 Å². The van der Waals surface area contributed by atoms with E-state index in [1.54, 1.807) is 12.3 Å². The summed E-state index contributed by atoms with van der Waals surface area (Å²) >= 11 is 0. The molecule has 2 N–H and O–H groups in total. The van der Waals surface area contributed by atoms with Gasteiger partial charge in [-0.15, -0.1) is 4.68 Å². The molecule has 2 aromatic carbocycles. The maximum Gasteiger partial charge on any atom is 0.282 e. The molecular weight excluding hydrogens is 357 g/mol. The summed E-state index contributed by atoms with van der Waals surface area (Å²) in [6.07, 6.45) is 4.63. The Morgan fingerprint density at radius 1 is 1.36 bits per heavy atom. The van der Waals surface area contributed by atoms with E-state index in [1.807, 2.05) is 36.0 Å². The van der Waals surface area contributed by atoms with Crippen molar-refractivity contribution < 1.29 is 13.5 Å². The minimum absolute atomic E-state index is 0.124. The Morgan fingerprint density at radius 3 is 3.04 bits per heavy atom. The van der Waals surface area contributed by atoms with Crippen LogP contribution in [0, 0.1) is 17.1 Å². The summed E-state index contributed by atoms with van der Waals surface area (Å²) in [6, 6.07) is 11.0. The van der Waals surface area contributed by atoms with E-state index in [-0.39, 0.29) is 11.9 Å². The number of nitrogens with one attached hydrogen (secondary N) is 2. The second kappa shape index (κ2) is 6.20. The molecule has 7 heteroatoms. The highest BCUT2D eigenvalue weighted by atomic mass is 19.1. The molecular formula is C21H17FN5O+. The van der Waals surface area contributed by atoms with Crippen LogP contribution in [0.1, 0.15) is 29.2 Å². The molecule has 0 fully saturated rings. The molecule has 138 valence electrons. The van der Waals surface area contributed by atoms with Crippen LogP contribution in [0.4, 0.5) is 10.1 Å². The Hall–Kier alpha value is -3.66. The SMILES string of the molecule is C[n+]1[nH]c2ccc(N[C@H]3CCc4cc(C#N)cc(F)c43)cc2c1-c1cnco1. The molecule has 2 aromatic heterocycles. The smallest absolute Gasteiger partial charge is 0.282 e. The molecule has 1 aliphatic rings. The third-order valence-corrected chi connectivity index (χ3v) is 5.30. The van der Waals surface area contributed by atoms with E-state index in [2.05, 4.69) is 15.4 Å². The normalized spacial score (nSPS) is 15.5. The molecule has 28 heavy (non-hydrogen) atoms. The molecule has 0 unspecified atom stereocenters. The highest BCUT2D eigenvalue weighted by molar-refractivity contribution is 5.92. The van der Waals surface area contributed by atoms with Crippen LogP contribution in [-0.2, 0) is 13.5 Å². The van der Waals surface area contributed by atoms with Gasteiger partial charge in [0.1, 0.15) is 11.3 Å². The predicted molar refractivity (Wildman–Crippen MR) is 101 cm³/mol. The summed E-state index contributed by atoms with van der Waals surface area (Å²) in [5.41, 5.74) is 4.70. The highest BCUT2D eigenvalue weighted by Crippen LogP contribution is 2.37. The number of rotatable bonds is 3. The minimum atomic E-state index is -0.319. The van der Waals surface area contributed by atoms with Gasteiger partial charge < -0.3 is 9.73 Å². The van der Waals surface area contributed by atoms with E-state index in [4.69, 9.17) is 9.68 Å². The average molecular weight is 374 g/mol. The second-order valence-corrected chi connectivity index (χ2v) is 7.02. The van der Waals surface area contributed by atoms with Crippen molar-refractivity contribution in [1.29, 1.82) is 5.26 Å². The zero-order chi connectivity index (χ0) is 19.3. The van der Waals surface area contributed by atoms with Gasteiger partial charge in [-0.25, -0.2) is 9.37 Å². The number of nitrogens with zero attached hydrogens (tertiary/aromatic N) is 3. The second-order valence-electron chi connectivity index (χ2n) is 7.02. The molecule has 0 aliphatic heterocycles. The van der Waals surface area contributed by atoms with Gasteiger partial charge in [0.05, 0.1) is 29.3 Å². The first-order chi connectivity index (χ1) is 13.6. The van der Waals surface area contributed by atoms with E-state index in [0.29, 0.717) is 16.9 Å². The molecule has 5 rings (SSSR count). The molecule has 0 saturated carbocycles. The van der Waals surface area contributed by atoms with Crippen molar-refractivity contribution in [2.45, 2.75) is 18.9 Å². The standard InChI is InChI=1S/C21H16FN5O/c1-27-21(19-10-24-11-28-19)15-8-14(3-5-17(15)26-27)25-18-4-2-13-6-12(9-23)7-16(22)20(13)18/h3,5-8,10-11,18,25H,2,4H2,1H3/p+1/t18-/m0/s1. The highest BCUT2D eigenvalue weighted by Gasteiger charge is 2.27. The van der Waals surface area contributed by atoms with Crippen molar-refractivity contribution in [2.24, 2.45) is 7.05 Å². The summed E-state index contributed by atoms with van der Waals surface area (Å²) in [5, 5.41) is 16.8. The number of fused-ring (bicyclic) bond motifs is 2. The summed E-state index contributed by atoms with van der Waals surface area (Å²) in [6.45, 7) is 0. The summed E-state index contributed by atoms with van der Waals surface area (Å²) in [4.78, 5) is 4.01. The Morgan fingerprint density at radius 2 is 2.25 bits per heavy atom. The molecule has 1 atom stereocenters. The van der Waals surface area contributed by atoms with Gasteiger partial charge in [0.25, 0.3) is 5.69 Å². The summed E-state index contributed by atoms with van der Waals surface area (Å²) in [7, 11) is 1.92. The van der Waals surface area contributed by atoms with Crippen LogP contribution in [0.5, 0.6) is 0 Å². The van der Waals surface area contributed by atoms with Crippen molar-refractivity contribution >= 4 is 16.6 Å². The molecule has 0 spiro atoms. The van der Waals surface area contributed by atoms with E-state index in [9.17, 15) is 4.39 Å². The lowest BCUT2D eigenvalue weighted by Gasteiger charge is -2.16. The van der Waals surface area contributed by atoms with Gasteiger partial charge in [0.15, 0.2) is 13.4 Å². The van der Waals surface area contributed by atoms with Crippen LogP contribution in [0.2, 0.25) is 0 Å². The Bertz CT molecular complexity index is 1240. The molecule has 0 saturated heterocycles. The molecule has 0 amide bonds. The molecule has 4 aromatic rings. The zero-order valence-corrected chi connectivity index (χ0v) is 15.2. The first-order valence-electron chi connectivity index (χ1n) is 9.03. The fourth-order valence-corrected chi connectivity index (χ4v) is 4.10. The van der Waals surface area contributed by atoms with Crippen LogP contribution >= 0.6 is 0 Å². The fourth-order valence-electron chi connectivity index (χ4n) is 4.10. The summed E-state index contributed by atoms with van der Waals surface area (Å²) < 4.78 is 21.9. The first kappa shape index (κ1) is 16.5.